The quantitative estimate of drug-likeness (QED) is 0.351. The molecule has 0 aliphatic carbocycles. The number of pyridine rings is 1. The van der Waals surface area contributed by atoms with Crippen LogP contribution in [-0.4, -0.2) is 27.6 Å². The highest BCUT2D eigenvalue weighted by Crippen LogP contribution is 2.09. The van der Waals surface area contributed by atoms with Crippen LogP contribution in [0.25, 0.3) is 5.65 Å². The number of hydrogen-bond acceptors (Lipinski definition) is 4. The second-order valence-corrected chi connectivity index (χ2v) is 5.24. The minimum atomic E-state index is -0.426. The van der Waals surface area contributed by atoms with E-state index in [9.17, 15) is 4.39 Å². The van der Waals surface area contributed by atoms with Crippen LogP contribution in [0.4, 0.5) is 4.39 Å². The van der Waals surface area contributed by atoms with Crippen molar-refractivity contribution >= 4 is 35.6 Å². The average Bonchev–Trinajstić information content (AvgIpc) is 3.06. The largest absolute Gasteiger partial charge is 0.352 e. The number of guanidine groups is 1. The molecule has 0 aliphatic heterocycles. The van der Waals surface area contributed by atoms with E-state index in [4.69, 9.17) is 5.26 Å². The molecule has 0 saturated heterocycles. The number of aliphatic imine (C=N–C) groups is 1. The number of nitrogens with zero attached hydrogens (tertiary/aromatic N) is 5. The highest BCUT2D eigenvalue weighted by Gasteiger charge is 2.07. The van der Waals surface area contributed by atoms with Crippen LogP contribution in [0.15, 0.2) is 47.6 Å². The van der Waals surface area contributed by atoms with Gasteiger partial charge in [-0.15, -0.1) is 34.2 Å². The lowest BCUT2D eigenvalue weighted by Crippen LogP contribution is -2.37. The number of halogens is 2. The first-order valence-corrected chi connectivity index (χ1v) is 7.63. The summed E-state index contributed by atoms with van der Waals surface area (Å²) in [6, 6.07) is 12.0. The van der Waals surface area contributed by atoms with Crippen LogP contribution >= 0.6 is 24.0 Å². The first kappa shape index (κ1) is 19.6. The first-order valence-electron chi connectivity index (χ1n) is 7.63. The summed E-state index contributed by atoms with van der Waals surface area (Å²) in [6.45, 7) is 0.665. The maximum absolute atomic E-state index is 13.9. The molecule has 0 bridgehead atoms. The van der Waals surface area contributed by atoms with Crippen LogP contribution in [0.5, 0.6) is 0 Å². The molecule has 0 aliphatic rings. The third kappa shape index (κ3) is 4.45. The van der Waals surface area contributed by atoms with Crippen molar-refractivity contribution in [2.45, 2.75) is 13.1 Å². The van der Waals surface area contributed by atoms with Crippen molar-refractivity contribution in [2.24, 2.45) is 4.99 Å². The fourth-order valence-corrected chi connectivity index (χ4v) is 2.33. The van der Waals surface area contributed by atoms with E-state index in [1.165, 1.54) is 6.07 Å². The molecule has 0 spiro atoms. The van der Waals surface area contributed by atoms with Crippen LogP contribution in [-0.2, 0) is 13.1 Å². The maximum atomic E-state index is 13.9. The molecular weight excluding hydrogens is 448 g/mol. The highest BCUT2D eigenvalue weighted by molar-refractivity contribution is 14.0. The summed E-state index contributed by atoms with van der Waals surface area (Å²) in [6.07, 6.45) is 1.88. The highest BCUT2D eigenvalue weighted by atomic mass is 127. The smallest absolute Gasteiger partial charge is 0.191 e. The predicted octanol–water partition coefficient (Wildman–Crippen LogP) is 2.22. The van der Waals surface area contributed by atoms with Crippen LogP contribution in [0.1, 0.15) is 17.0 Å². The van der Waals surface area contributed by atoms with Gasteiger partial charge in [0.25, 0.3) is 0 Å². The molecule has 0 unspecified atom stereocenters. The minimum Gasteiger partial charge on any atom is -0.352 e. The zero-order chi connectivity index (χ0) is 17.6. The molecule has 7 nitrogen and oxygen atoms in total. The second-order valence-electron chi connectivity index (χ2n) is 5.24. The van der Waals surface area contributed by atoms with Gasteiger partial charge in [-0.3, -0.25) is 9.39 Å². The van der Waals surface area contributed by atoms with E-state index in [0.29, 0.717) is 23.6 Å². The van der Waals surface area contributed by atoms with E-state index < -0.39 is 5.82 Å². The summed E-state index contributed by atoms with van der Waals surface area (Å²) in [7, 11) is 1.63. The Labute approximate surface area is 167 Å². The van der Waals surface area contributed by atoms with Crippen LogP contribution in [0.2, 0.25) is 0 Å². The molecular formula is C17H17FIN7. The summed E-state index contributed by atoms with van der Waals surface area (Å²) >= 11 is 0. The Bertz CT molecular complexity index is 961. The second kappa shape index (κ2) is 9.10. The molecule has 2 aromatic heterocycles. The SMILES string of the molecule is CN=C(NCc1ccc(C#N)cc1F)NCc1nnc2ccccn12.I. The molecule has 9 heteroatoms. The van der Waals surface area contributed by atoms with Gasteiger partial charge < -0.3 is 10.6 Å². The molecule has 2 N–H and O–H groups in total. The monoisotopic (exact) mass is 465 g/mol. The Hall–Kier alpha value is -2.74. The third-order valence-electron chi connectivity index (χ3n) is 3.65. The fourth-order valence-electron chi connectivity index (χ4n) is 2.33. The van der Waals surface area contributed by atoms with Gasteiger partial charge in [-0.1, -0.05) is 12.1 Å². The molecule has 3 aromatic rings. The van der Waals surface area contributed by atoms with Crippen LogP contribution in [0.3, 0.4) is 0 Å². The van der Waals surface area contributed by atoms with E-state index in [-0.39, 0.29) is 30.5 Å². The van der Waals surface area contributed by atoms with Crippen LogP contribution < -0.4 is 10.6 Å². The summed E-state index contributed by atoms with van der Waals surface area (Å²) in [4.78, 5) is 4.11. The molecule has 0 radical (unpaired) electrons. The van der Waals surface area contributed by atoms with Crippen LogP contribution in [0, 0.1) is 17.1 Å². The van der Waals surface area contributed by atoms with Crippen molar-refractivity contribution in [1.29, 1.82) is 5.26 Å². The van der Waals surface area contributed by atoms with Crippen molar-refractivity contribution in [2.75, 3.05) is 7.05 Å². The number of aromatic nitrogens is 3. The fraction of sp³-hybridized carbons (Fsp3) is 0.176. The number of nitriles is 1. The number of benzene rings is 1. The van der Waals surface area contributed by atoms with Crippen molar-refractivity contribution < 1.29 is 4.39 Å². The Morgan fingerprint density at radius 2 is 2.04 bits per heavy atom. The van der Waals surface area contributed by atoms with Gasteiger partial charge in [0.05, 0.1) is 18.2 Å². The number of rotatable bonds is 4. The Kier molecular flexibility index (Phi) is 6.85. The number of hydrogen-bond donors (Lipinski definition) is 2. The Balaban J connectivity index is 0.00000243. The summed E-state index contributed by atoms with van der Waals surface area (Å²) in [5.74, 6) is 0.824. The lowest BCUT2D eigenvalue weighted by molar-refractivity contribution is 0.604. The van der Waals surface area contributed by atoms with Crippen molar-refractivity contribution in [3.05, 3.63) is 65.4 Å². The van der Waals surface area contributed by atoms with E-state index in [0.717, 1.165) is 11.5 Å². The van der Waals surface area contributed by atoms with Gasteiger partial charge in [-0.2, -0.15) is 5.26 Å². The molecule has 26 heavy (non-hydrogen) atoms. The average molecular weight is 465 g/mol. The lowest BCUT2D eigenvalue weighted by atomic mass is 10.1. The number of nitrogens with one attached hydrogen (secondary N) is 2. The lowest BCUT2D eigenvalue weighted by Gasteiger charge is -2.12. The molecule has 2 heterocycles. The van der Waals surface area contributed by atoms with E-state index in [1.54, 1.807) is 19.2 Å². The topological polar surface area (TPSA) is 90.4 Å². The first-order chi connectivity index (χ1) is 12.2. The maximum Gasteiger partial charge on any atom is 0.191 e. The Morgan fingerprint density at radius 1 is 1.23 bits per heavy atom. The molecule has 3 rings (SSSR count). The van der Waals surface area contributed by atoms with Gasteiger partial charge in [0.1, 0.15) is 5.82 Å². The third-order valence-corrected chi connectivity index (χ3v) is 3.65. The molecule has 0 fully saturated rings. The van der Waals surface area contributed by atoms with Gasteiger partial charge in [0, 0.05) is 25.4 Å². The molecule has 0 amide bonds. The van der Waals surface area contributed by atoms with Gasteiger partial charge in [-0.05, 0) is 24.3 Å². The molecule has 134 valence electrons. The summed E-state index contributed by atoms with van der Waals surface area (Å²) in [5.41, 5.74) is 1.51. The number of fused-ring (bicyclic) bond motifs is 1. The van der Waals surface area contributed by atoms with Crippen molar-refractivity contribution in [1.82, 2.24) is 25.2 Å². The normalized spacial score (nSPS) is 10.9. The van der Waals surface area contributed by atoms with Gasteiger partial charge in [-0.25, -0.2) is 4.39 Å². The van der Waals surface area contributed by atoms with E-state index in [2.05, 4.69) is 25.8 Å². The van der Waals surface area contributed by atoms with Crippen molar-refractivity contribution in [3.63, 3.8) is 0 Å². The van der Waals surface area contributed by atoms with Crippen molar-refractivity contribution in [3.8, 4) is 6.07 Å². The zero-order valence-electron chi connectivity index (χ0n) is 14.0. The van der Waals surface area contributed by atoms with Gasteiger partial charge >= 0.3 is 0 Å². The molecule has 1 aromatic carbocycles. The minimum absolute atomic E-state index is 0. The van der Waals surface area contributed by atoms with E-state index >= 15 is 0 Å². The predicted molar refractivity (Wildman–Crippen MR) is 107 cm³/mol. The molecule has 0 saturated carbocycles. The van der Waals surface area contributed by atoms with Gasteiger partial charge in [0.2, 0.25) is 0 Å². The standard InChI is InChI=1S/C17H16FN7.HI/c1-20-17(21-10-13-6-5-12(9-19)8-14(13)18)22-11-16-24-23-15-4-2-3-7-25(15)16;/h2-8H,10-11H2,1H3,(H2,20,21,22);1H. The summed E-state index contributed by atoms with van der Waals surface area (Å²) in [5, 5.41) is 23.1. The van der Waals surface area contributed by atoms with E-state index in [1.807, 2.05) is 34.9 Å². The zero-order valence-corrected chi connectivity index (χ0v) is 16.3. The molecule has 0 atom stereocenters. The Morgan fingerprint density at radius 3 is 2.77 bits per heavy atom. The van der Waals surface area contributed by atoms with Gasteiger partial charge in [0.15, 0.2) is 17.4 Å². The summed E-state index contributed by atoms with van der Waals surface area (Å²) < 4.78 is 15.8.